The average molecular weight is 216 g/mol. The van der Waals surface area contributed by atoms with Crippen LogP contribution in [0.2, 0.25) is 0 Å². The van der Waals surface area contributed by atoms with E-state index in [4.69, 9.17) is 0 Å². The second kappa shape index (κ2) is 4.14. The standard InChI is InChI=1S/C11H12N4O/c1-8-4-3-5-12-10(8)14-11(16)9-6-13-15(2)7-9/h3-7H,1-2H3,(H,12,14,16). The lowest BCUT2D eigenvalue weighted by molar-refractivity contribution is 0.102. The van der Waals surface area contributed by atoms with Crippen LogP contribution >= 0.6 is 0 Å². The minimum absolute atomic E-state index is 0.199. The monoisotopic (exact) mass is 216 g/mol. The summed E-state index contributed by atoms with van der Waals surface area (Å²) in [6, 6.07) is 3.72. The van der Waals surface area contributed by atoms with Crippen molar-refractivity contribution in [2.24, 2.45) is 7.05 Å². The average Bonchev–Trinajstić information content (AvgIpc) is 2.68. The smallest absolute Gasteiger partial charge is 0.260 e. The Morgan fingerprint density at radius 1 is 1.50 bits per heavy atom. The molecule has 0 aliphatic heterocycles. The first kappa shape index (κ1) is 10.4. The molecule has 0 aromatic carbocycles. The molecule has 2 rings (SSSR count). The fourth-order valence-corrected chi connectivity index (χ4v) is 1.33. The van der Waals surface area contributed by atoms with E-state index in [1.165, 1.54) is 6.20 Å². The Balaban J connectivity index is 2.17. The van der Waals surface area contributed by atoms with E-state index in [2.05, 4.69) is 15.4 Å². The van der Waals surface area contributed by atoms with Crippen LogP contribution in [0.4, 0.5) is 5.82 Å². The molecule has 0 radical (unpaired) electrons. The summed E-state index contributed by atoms with van der Waals surface area (Å²) in [5.41, 5.74) is 1.45. The van der Waals surface area contributed by atoms with Crippen LogP contribution in [0.1, 0.15) is 15.9 Å². The zero-order chi connectivity index (χ0) is 11.5. The largest absolute Gasteiger partial charge is 0.306 e. The summed E-state index contributed by atoms with van der Waals surface area (Å²) < 4.78 is 1.58. The van der Waals surface area contributed by atoms with Crippen molar-refractivity contribution in [3.63, 3.8) is 0 Å². The van der Waals surface area contributed by atoms with Gasteiger partial charge in [0.05, 0.1) is 11.8 Å². The van der Waals surface area contributed by atoms with E-state index in [-0.39, 0.29) is 5.91 Å². The second-order valence-corrected chi connectivity index (χ2v) is 3.53. The van der Waals surface area contributed by atoms with E-state index in [0.29, 0.717) is 11.4 Å². The highest BCUT2D eigenvalue weighted by molar-refractivity contribution is 6.03. The number of hydrogen-bond acceptors (Lipinski definition) is 3. The van der Waals surface area contributed by atoms with Crippen LogP contribution in [0.25, 0.3) is 0 Å². The van der Waals surface area contributed by atoms with Crippen LogP contribution in [-0.4, -0.2) is 20.7 Å². The van der Waals surface area contributed by atoms with Crippen molar-refractivity contribution in [3.05, 3.63) is 41.9 Å². The first-order valence-electron chi connectivity index (χ1n) is 4.88. The number of nitrogens with zero attached hydrogens (tertiary/aromatic N) is 3. The highest BCUT2D eigenvalue weighted by Crippen LogP contribution is 2.10. The van der Waals surface area contributed by atoms with Crippen molar-refractivity contribution in [2.45, 2.75) is 6.92 Å². The molecule has 5 heteroatoms. The van der Waals surface area contributed by atoms with E-state index >= 15 is 0 Å². The number of carbonyl (C=O) groups excluding carboxylic acids is 1. The number of nitrogens with one attached hydrogen (secondary N) is 1. The first-order valence-corrected chi connectivity index (χ1v) is 4.88. The lowest BCUT2D eigenvalue weighted by Gasteiger charge is -2.04. The Labute approximate surface area is 93.1 Å². The molecule has 2 heterocycles. The van der Waals surface area contributed by atoms with E-state index in [1.54, 1.807) is 24.1 Å². The normalized spacial score (nSPS) is 10.1. The van der Waals surface area contributed by atoms with Crippen molar-refractivity contribution in [2.75, 3.05) is 5.32 Å². The number of carbonyl (C=O) groups is 1. The number of aryl methyl sites for hydroxylation is 2. The molecule has 0 bridgehead atoms. The number of anilines is 1. The van der Waals surface area contributed by atoms with E-state index in [1.807, 2.05) is 19.1 Å². The Kier molecular flexibility index (Phi) is 2.68. The van der Waals surface area contributed by atoms with Gasteiger partial charge < -0.3 is 5.32 Å². The number of pyridine rings is 1. The molecule has 82 valence electrons. The van der Waals surface area contributed by atoms with Crippen LogP contribution < -0.4 is 5.32 Å². The maximum atomic E-state index is 11.8. The van der Waals surface area contributed by atoms with Crippen molar-refractivity contribution in [1.82, 2.24) is 14.8 Å². The molecule has 2 aromatic rings. The Hall–Kier alpha value is -2.17. The molecule has 2 aromatic heterocycles. The lowest BCUT2D eigenvalue weighted by atomic mass is 10.2. The molecule has 1 N–H and O–H groups in total. The van der Waals surface area contributed by atoms with Gasteiger partial charge in [-0.3, -0.25) is 9.48 Å². The van der Waals surface area contributed by atoms with Gasteiger partial charge in [-0.25, -0.2) is 4.98 Å². The van der Waals surface area contributed by atoms with Gasteiger partial charge in [-0.15, -0.1) is 0 Å². The molecule has 0 aliphatic rings. The Morgan fingerprint density at radius 2 is 2.31 bits per heavy atom. The number of hydrogen-bond donors (Lipinski definition) is 1. The van der Waals surface area contributed by atoms with Gasteiger partial charge in [-0.2, -0.15) is 5.10 Å². The fraction of sp³-hybridized carbons (Fsp3) is 0.182. The Bertz CT molecular complexity index is 518. The van der Waals surface area contributed by atoms with Crippen LogP contribution in [0.3, 0.4) is 0 Å². The predicted octanol–water partition coefficient (Wildman–Crippen LogP) is 1.38. The first-order chi connectivity index (χ1) is 7.66. The maximum Gasteiger partial charge on any atom is 0.260 e. The van der Waals surface area contributed by atoms with Crippen LogP contribution in [0, 0.1) is 6.92 Å². The van der Waals surface area contributed by atoms with Gasteiger partial charge in [-0.05, 0) is 18.6 Å². The zero-order valence-corrected chi connectivity index (χ0v) is 9.14. The maximum absolute atomic E-state index is 11.8. The molecule has 16 heavy (non-hydrogen) atoms. The minimum Gasteiger partial charge on any atom is -0.306 e. The summed E-state index contributed by atoms with van der Waals surface area (Å²) in [7, 11) is 1.77. The van der Waals surface area contributed by atoms with E-state index < -0.39 is 0 Å². The third-order valence-electron chi connectivity index (χ3n) is 2.21. The lowest BCUT2D eigenvalue weighted by Crippen LogP contribution is -2.13. The van der Waals surface area contributed by atoms with Crippen molar-refractivity contribution in [3.8, 4) is 0 Å². The minimum atomic E-state index is -0.199. The zero-order valence-electron chi connectivity index (χ0n) is 9.14. The van der Waals surface area contributed by atoms with Gasteiger partial charge >= 0.3 is 0 Å². The molecule has 1 amide bonds. The summed E-state index contributed by atoms with van der Waals surface area (Å²) in [6.07, 6.45) is 4.83. The van der Waals surface area contributed by atoms with Gasteiger partial charge in [-0.1, -0.05) is 6.07 Å². The van der Waals surface area contributed by atoms with Gasteiger partial charge in [0.1, 0.15) is 5.82 Å². The summed E-state index contributed by atoms with van der Waals surface area (Å²) in [5.74, 6) is 0.381. The van der Waals surface area contributed by atoms with Crippen LogP contribution in [0.5, 0.6) is 0 Å². The van der Waals surface area contributed by atoms with Crippen molar-refractivity contribution >= 4 is 11.7 Å². The summed E-state index contributed by atoms with van der Waals surface area (Å²) in [6.45, 7) is 1.89. The third kappa shape index (κ3) is 2.08. The van der Waals surface area contributed by atoms with Gasteiger partial charge in [0.25, 0.3) is 5.91 Å². The second-order valence-electron chi connectivity index (χ2n) is 3.53. The molecule has 0 aliphatic carbocycles. The molecule has 0 spiro atoms. The van der Waals surface area contributed by atoms with E-state index in [9.17, 15) is 4.79 Å². The number of rotatable bonds is 2. The Morgan fingerprint density at radius 3 is 2.94 bits per heavy atom. The fourth-order valence-electron chi connectivity index (χ4n) is 1.33. The van der Waals surface area contributed by atoms with Gasteiger partial charge in [0.15, 0.2) is 0 Å². The predicted molar refractivity (Wildman–Crippen MR) is 60.1 cm³/mol. The molecule has 0 saturated heterocycles. The quantitative estimate of drug-likeness (QED) is 0.824. The summed E-state index contributed by atoms with van der Waals surface area (Å²) in [4.78, 5) is 15.9. The van der Waals surface area contributed by atoms with Gasteiger partial charge in [0.2, 0.25) is 0 Å². The highest BCUT2D eigenvalue weighted by atomic mass is 16.1. The molecular weight excluding hydrogens is 204 g/mol. The number of amides is 1. The van der Waals surface area contributed by atoms with Crippen molar-refractivity contribution in [1.29, 1.82) is 0 Å². The molecule has 0 unspecified atom stereocenters. The van der Waals surface area contributed by atoms with E-state index in [0.717, 1.165) is 5.56 Å². The summed E-state index contributed by atoms with van der Waals surface area (Å²) in [5, 5.41) is 6.67. The van der Waals surface area contributed by atoms with Crippen molar-refractivity contribution < 1.29 is 4.79 Å². The third-order valence-corrected chi connectivity index (χ3v) is 2.21. The molecule has 0 atom stereocenters. The highest BCUT2D eigenvalue weighted by Gasteiger charge is 2.09. The van der Waals surface area contributed by atoms with Gasteiger partial charge in [0, 0.05) is 19.4 Å². The van der Waals surface area contributed by atoms with Crippen LogP contribution in [0.15, 0.2) is 30.7 Å². The topological polar surface area (TPSA) is 59.8 Å². The number of aromatic nitrogens is 3. The molecule has 0 saturated carbocycles. The summed E-state index contributed by atoms with van der Waals surface area (Å²) >= 11 is 0. The molecule has 5 nitrogen and oxygen atoms in total. The van der Waals surface area contributed by atoms with Crippen LogP contribution in [-0.2, 0) is 7.05 Å². The SMILES string of the molecule is Cc1cccnc1NC(=O)c1cnn(C)c1. The molecule has 0 fully saturated rings. The molecular formula is C11H12N4O.